The Kier molecular flexibility index (Phi) is 7.36. The lowest BCUT2D eigenvalue weighted by molar-refractivity contribution is -0.134. The number of methoxy groups -OCH3 is 1. The molecule has 0 heterocycles. The molecule has 3 rings (SSSR count). The van der Waals surface area contributed by atoms with Gasteiger partial charge in [0.15, 0.2) is 18.1 Å². The van der Waals surface area contributed by atoms with Gasteiger partial charge >= 0.3 is 0 Å². The lowest BCUT2D eigenvalue weighted by atomic mass is 10.2. The van der Waals surface area contributed by atoms with Crippen molar-refractivity contribution >= 4 is 23.4 Å². The van der Waals surface area contributed by atoms with Crippen LogP contribution < -0.4 is 14.8 Å². The van der Waals surface area contributed by atoms with Crippen LogP contribution in [0.25, 0.3) is 0 Å². The summed E-state index contributed by atoms with van der Waals surface area (Å²) in [5.74, 6) is 0.861. The van der Waals surface area contributed by atoms with Crippen molar-refractivity contribution in [3.8, 4) is 11.5 Å². The minimum absolute atomic E-state index is 0.0852. The maximum Gasteiger partial charge on any atom is 0.260 e. The number of ether oxygens (including phenoxy) is 2. The van der Waals surface area contributed by atoms with Gasteiger partial charge in [-0.25, -0.2) is 0 Å². The molecule has 2 aromatic rings. The van der Waals surface area contributed by atoms with Crippen LogP contribution in [0.5, 0.6) is 11.5 Å². The summed E-state index contributed by atoms with van der Waals surface area (Å²) in [6.07, 6.45) is 2.16. The quantitative estimate of drug-likeness (QED) is 0.644. The molecule has 6 nitrogen and oxygen atoms in total. The van der Waals surface area contributed by atoms with E-state index in [0.29, 0.717) is 29.6 Å². The summed E-state index contributed by atoms with van der Waals surface area (Å²) in [5, 5.41) is 3.48. The van der Waals surface area contributed by atoms with E-state index in [4.69, 9.17) is 21.1 Å². The number of hydrogen-bond donors (Lipinski definition) is 1. The van der Waals surface area contributed by atoms with Crippen LogP contribution in [0.3, 0.4) is 0 Å². The number of nitrogens with zero attached hydrogens (tertiary/aromatic N) is 1. The van der Waals surface area contributed by atoms with Crippen molar-refractivity contribution in [1.82, 2.24) is 10.2 Å². The van der Waals surface area contributed by atoms with Crippen LogP contribution >= 0.6 is 11.6 Å². The fraction of sp³-hybridized carbons (Fsp3) is 0.364. The van der Waals surface area contributed by atoms with E-state index in [-0.39, 0.29) is 30.9 Å². The predicted octanol–water partition coefficient (Wildman–Crippen LogP) is 3.42. The minimum Gasteiger partial charge on any atom is -0.493 e. The first-order valence-electron chi connectivity index (χ1n) is 9.64. The SMILES string of the molecule is COc1ccccc1OCC(=O)N(CCC(=O)NCc1ccccc1Cl)C1CC1. The minimum atomic E-state index is -0.127. The third-order valence-corrected chi connectivity index (χ3v) is 5.11. The highest BCUT2D eigenvalue weighted by molar-refractivity contribution is 6.31. The summed E-state index contributed by atoms with van der Waals surface area (Å²) in [4.78, 5) is 26.6. The number of rotatable bonds is 10. The summed E-state index contributed by atoms with van der Waals surface area (Å²) in [5.41, 5.74) is 0.864. The molecule has 0 aliphatic heterocycles. The smallest absolute Gasteiger partial charge is 0.260 e. The second-order valence-corrected chi connectivity index (χ2v) is 7.28. The molecule has 1 aliphatic carbocycles. The molecule has 0 radical (unpaired) electrons. The van der Waals surface area contributed by atoms with Crippen molar-refractivity contribution < 1.29 is 19.1 Å². The molecule has 0 saturated heterocycles. The molecule has 2 aromatic carbocycles. The second-order valence-electron chi connectivity index (χ2n) is 6.88. The van der Waals surface area contributed by atoms with E-state index in [2.05, 4.69) is 5.32 Å². The van der Waals surface area contributed by atoms with Gasteiger partial charge in [-0.2, -0.15) is 0 Å². The Hall–Kier alpha value is -2.73. The van der Waals surface area contributed by atoms with Gasteiger partial charge in [-0.1, -0.05) is 41.9 Å². The first kappa shape index (κ1) is 21.0. The van der Waals surface area contributed by atoms with Crippen molar-refractivity contribution in [1.29, 1.82) is 0 Å². The first-order valence-corrected chi connectivity index (χ1v) is 10.0. The molecule has 0 unspecified atom stereocenters. The van der Waals surface area contributed by atoms with E-state index < -0.39 is 0 Å². The summed E-state index contributed by atoms with van der Waals surface area (Å²) in [7, 11) is 1.56. The molecule has 0 atom stereocenters. The Balaban J connectivity index is 1.47. The van der Waals surface area contributed by atoms with Crippen LogP contribution in [0.1, 0.15) is 24.8 Å². The fourth-order valence-electron chi connectivity index (χ4n) is 3.00. The second kappa shape index (κ2) is 10.2. The molecule has 1 N–H and O–H groups in total. The zero-order valence-electron chi connectivity index (χ0n) is 16.4. The summed E-state index contributed by atoms with van der Waals surface area (Å²) in [6.45, 7) is 0.651. The highest BCUT2D eigenvalue weighted by Crippen LogP contribution is 2.28. The van der Waals surface area contributed by atoms with E-state index in [1.165, 1.54) is 0 Å². The number of para-hydroxylation sites is 2. The Morgan fingerprint density at radius 2 is 1.79 bits per heavy atom. The first-order chi connectivity index (χ1) is 14.1. The highest BCUT2D eigenvalue weighted by Gasteiger charge is 2.32. The number of halogens is 1. The van der Waals surface area contributed by atoms with Crippen molar-refractivity contribution in [2.24, 2.45) is 0 Å². The molecule has 1 aliphatic rings. The molecule has 1 fully saturated rings. The summed E-state index contributed by atoms with van der Waals surface area (Å²) < 4.78 is 10.9. The maximum absolute atomic E-state index is 12.6. The number of carbonyl (C=O) groups excluding carboxylic acids is 2. The van der Waals surface area contributed by atoms with Crippen LogP contribution in [-0.2, 0) is 16.1 Å². The average Bonchev–Trinajstić information content (AvgIpc) is 3.57. The van der Waals surface area contributed by atoms with Crippen LogP contribution in [0, 0.1) is 0 Å². The molecule has 1 saturated carbocycles. The molecule has 7 heteroatoms. The molecular formula is C22H25ClN2O4. The van der Waals surface area contributed by atoms with Crippen LogP contribution in [-0.4, -0.2) is 43.0 Å². The number of carbonyl (C=O) groups is 2. The van der Waals surface area contributed by atoms with E-state index in [0.717, 1.165) is 18.4 Å². The van der Waals surface area contributed by atoms with Gasteiger partial charge in [-0.05, 0) is 36.6 Å². The van der Waals surface area contributed by atoms with Crippen LogP contribution in [0.15, 0.2) is 48.5 Å². The topological polar surface area (TPSA) is 67.9 Å². The zero-order chi connectivity index (χ0) is 20.6. The van der Waals surface area contributed by atoms with E-state index in [1.807, 2.05) is 30.3 Å². The Bertz CT molecular complexity index is 854. The van der Waals surface area contributed by atoms with Crippen molar-refractivity contribution in [3.05, 3.63) is 59.1 Å². The molecule has 2 amide bonds. The van der Waals surface area contributed by atoms with Gasteiger partial charge in [-0.3, -0.25) is 9.59 Å². The third kappa shape index (κ3) is 6.12. The van der Waals surface area contributed by atoms with E-state index in [9.17, 15) is 9.59 Å². The molecule has 29 heavy (non-hydrogen) atoms. The van der Waals surface area contributed by atoms with Gasteiger partial charge in [0.2, 0.25) is 5.91 Å². The van der Waals surface area contributed by atoms with Gasteiger partial charge in [-0.15, -0.1) is 0 Å². The van der Waals surface area contributed by atoms with Gasteiger partial charge in [0.1, 0.15) is 0 Å². The van der Waals surface area contributed by atoms with Crippen LogP contribution in [0.2, 0.25) is 5.02 Å². The lowest BCUT2D eigenvalue weighted by Gasteiger charge is -2.22. The van der Waals surface area contributed by atoms with Crippen molar-refractivity contribution in [3.63, 3.8) is 0 Å². The van der Waals surface area contributed by atoms with Gasteiger partial charge < -0.3 is 19.7 Å². The molecule has 154 valence electrons. The van der Waals surface area contributed by atoms with Gasteiger partial charge in [0.05, 0.1) is 7.11 Å². The van der Waals surface area contributed by atoms with E-state index >= 15 is 0 Å². The highest BCUT2D eigenvalue weighted by atomic mass is 35.5. The fourth-order valence-corrected chi connectivity index (χ4v) is 3.21. The Labute approximate surface area is 175 Å². The lowest BCUT2D eigenvalue weighted by Crippen LogP contribution is -2.39. The Morgan fingerprint density at radius 1 is 1.10 bits per heavy atom. The number of amides is 2. The van der Waals surface area contributed by atoms with Crippen molar-refractivity contribution in [2.45, 2.75) is 31.8 Å². The third-order valence-electron chi connectivity index (χ3n) is 4.74. The monoisotopic (exact) mass is 416 g/mol. The van der Waals surface area contributed by atoms with Crippen LogP contribution in [0.4, 0.5) is 0 Å². The largest absolute Gasteiger partial charge is 0.493 e. The molecule has 0 spiro atoms. The maximum atomic E-state index is 12.6. The molecular weight excluding hydrogens is 392 g/mol. The number of benzene rings is 2. The predicted molar refractivity (Wildman–Crippen MR) is 111 cm³/mol. The normalized spacial score (nSPS) is 12.9. The number of nitrogens with one attached hydrogen (secondary N) is 1. The summed E-state index contributed by atoms with van der Waals surface area (Å²) >= 11 is 6.11. The zero-order valence-corrected chi connectivity index (χ0v) is 17.2. The average molecular weight is 417 g/mol. The number of hydrogen-bond acceptors (Lipinski definition) is 4. The summed E-state index contributed by atoms with van der Waals surface area (Å²) in [6, 6.07) is 14.8. The van der Waals surface area contributed by atoms with Gasteiger partial charge in [0.25, 0.3) is 5.91 Å². The van der Waals surface area contributed by atoms with Gasteiger partial charge in [0, 0.05) is 30.6 Å². The Morgan fingerprint density at radius 3 is 2.48 bits per heavy atom. The van der Waals surface area contributed by atoms with E-state index in [1.54, 1.807) is 30.2 Å². The molecule has 0 aromatic heterocycles. The molecule has 0 bridgehead atoms. The standard InChI is InChI=1S/C22H25ClN2O4/c1-28-19-8-4-5-9-20(19)29-15-22(27)25(17-10-11-17)13-12-21(26)24-14-16-6-2-3-7-18(16)23/h2-9,17H,10-15H2,1H3,(H,24,26). The van der Waals surface area contributed by atoms with Crippen molar-refractivity contribution in [2.75, 3.05) is 20.3 Å².